The predicted octanol–water partition coefficient (Wildman–Crippen LogP) is 4.04. The third-order valence-electron chi connectivity index (χ3n) is 4.05. The first-order valence-electron chi connectivity index (χ1n) is 6.78. The van der Waals surface area contributed by atoms with Gasteiger partial charge in [-0.05, 0) is 24.5 Å². The Kier molecular flexibility index (Phi) is 3.07. The number of halogens is 3. The van der Waals surface area contributed by atoms with Gasteiger partial charge >= 0.3 is 6.18 Å². The average Bonchev–Trinajstić information content (AvgIpc) is 3.23. The molecule has 1 fully saturated rings. The van der Waals surface area contributed by atoms with E-state index >= 15 is 0 Å². The van der Waals surface area contributed by atoms with Gasteiger partial charge in [0.2, 0.25) is 0 Å². The predicted molar refractivity (Wildman–Crippen MR) is 71.6 cm³/mol. The van der Waals surface area contributed by atoms with Crippen molar-refractivity contribution in [3.05, 3.63) is 23.3 Å². The van der Waals surface area contributed by atoms with Crippen LogP contribution >= 0.6 is 0 Å². The van der Waals surface area contributed by atoms with Crippen molar-refractivity contribution in [1.29, 1.82) is 0 Å². The molecule has 1 saturated carbocycles. The van der Waals surface area contributed by atoms with E-state index in [2.05, 4.69) is 4.99 Å². The van der Waals surface area contributed by atoms with Crippen molar-refractivity contribution in [2.75, 3.05) is 7.11 Å². The summed E-state index contributed by atoms with van der Waals surface area (Å²) in [5.74, 6) is -0.541. The molecular weight excluding hydrogens is 283 g/mol. The lowest BCUT2D eigenvalue weighted by atomic mass is 9.94. The van der Waals surface area contributed by atoms with E-state index in [1.807, 2.05) is 0 Å². The molecule has 1 aromatic carbocycles. The van der Waals surface area contributed by atoms with Crippen LogP contribution in [-0.2, 0) is 0 Å². The van der Waals surface area contributed by atoms with E-state index in [9.17, 15) is 18.0 Å². The Labute approximate surface area is 119 Å². The number of rotatable bonds is 3. The van der Waals surface area contributed by atoms with E-state index in [4.69, 9.17) is 4.74 Å². The molecule has 0 spiro atoms. The van der Waals surface area contributed by atoms with Gasteiger partial charge in [0.1, 0.15) is 11.5 Å². The molecule has 0 N–H and O–H groups in total. The van der Waals surface area contributed by atoms with Gasteiger partial charge in [0.25, 0.3) is 0 Å². The molecule has 6 heteroatoms. The number of methoxy groups -OCH3 is 1. The van der Waals surface area contributed by atoms with Gasteiger partial charge in [-0.15, -0.1) is 0 Å². The molecule has 21 heavy (non-hydrogen) atoms. The highest BCUT2D eigenvalue weighted by atomic mass is 19.4. The molecule has 1 aliphatic heterocycles. The molecule has 3 nitrogen and oxygen atoms in total. The summed E-state index contributed by atoms with van der Waals surface area (Å²) in [6, 6.07) is 3.15. The van der Waals surface area contributed by atoms with Crippen LogP contribution in [0.4, 0.5) is 18.9 Å². The first kappa shape index (κ1) is 14.1. The van der Waals surface area contributed by atoms with Crippen molar-refractivity contribution in [3.63, 3.8) is 0 Å². The largest absolute Gasteiger partial charge is 0.496 e. The normalized spacial score (nSPS) is 23.0. The molecule has 0 saturated heterocycles. The molecule has 1 aliphatic carbocycles. The maximum absolute atomic E-state index is 13.1. The summed E-state index contributed by atoms with van der Waals surface area (Å²) in [5, 5.41) is 0. The third-order valence-corrected chi connectivity index (χ3v) is 4.05. The van der Waals surface area contributed by atoms with Crippen LogP contribution in [0.3, 0.4) is 0 Å². The Hall–Kier alpha value is -1.85. The van der Waals surface area contributed by atoms with Crippen LogP contribution in [0.15, 0.2) is 17.1 Å². The molecule has 0 bridgehead atoms. The molecule has 1 aromatic rings. The van der Waals surface area contributed by atoms with Crippen LogP contribution in [0.5, 0.6) is 5.75 Å². The van der Waals surface area contributed by atoms with Crippen LogP contribution < -0.4 is 4.74 Å². The van der Waals surface area contributed by atoms with Gasteiger partial charge in [-0.1, -0.05) is 6.92 Å². The summed E-state index contributed by atoms with van der Waals surface area (Å²) in [5.41, 5.74) is 0.279. The fourth-order valence-corrected chi connectivity index (χ4v) is 2.95. The standard InChI is InChI=1S/C15H14F3NO2/c1-3-10(20)7-4-5-11(21-2)12-8-6-9(8)14(15(16,17)18)19-13(7)12/h4-5,8-9H,3,6H2,1-2H3/t8-,9?/m1/s1. The second-order valence-corrected chi connectivity index (χ2v) is 5.30. The summed E-state index contributed by atoms with van der Waals surface area (Å²) >= 11 is 0. The number of carbonyl (C=O) groups excluding carboxylic acids is 1. The molecular formula is C15H14F3NO2. The molecule has 3 rings (SSSR count). The first-order valence-corrected chi connectivity index (χ1v) is 6.78. The molecule has 0 radical (unpaired) electrons. The Morgan fingerprint density at radius 1 is 1.38 bits per heavy atom. The molecule has 2 aliphatic rings. The van der Waals surface area contributed by atoms with Gasteiger partial charge in [0, 0.05) is 23.5 Å². The summed E-state index contributed by atoms with van der Waals surface area (Å²) in [4.78, 5) is 15.8. The second-order valence-electron chi connectivity index (χ2n) is 5.30. The van der Waals surface area contributed by atoms with Gasteiger partial charge < -0.3 is 4.74 Å². The zero-order valence-corrected chi connectivity index (χ0v) is 11.6. The first-order chi connectivity index (χ1) is 9.88. The smallest absolute Gasteiger partial charge is 0.429 e. The van der Waals surface area contributed by atoms with Crippen molar-refractivity contribution in [3.8, 4) is 5.75 Å². The number of ketones is 1. The van der Waals surface area contributed by atoms with Crippen molar-refractivity contribution < 1.29 is 22.7 Å². The highest BCUT2D eigenvalue weighted by molar-refractivity contribution is 6.06. The van der Waals surface area contributed by atoms with Crippen molar-refractivity contribution in [1.82, 2.24) is 0 Å². The Bertz CT molecular complexity index is 649. The van der Waals surface area contributed by atoms with Gasteiger partial charge in [-0.25, -0.2) is 4.99 Å². The lowest BCUT2D eigenvalue weighted by Crippen LogP contribution is -2.27. The summed E-state index contributed by atoms with van der Waals surface area (Å²) < 4.78 is 44.4. The van der Waals surface area contributed by atoms with E-state index < -0.39 is 17.8 Å². The second kappa shape index (κ2) is 4.58. The topological polar surface area (TPSA) is 38.7 Å². The summed E-state index contributed by atoms with van der Waals surface area (Å²) in [6.07, 6.45) is -3.82. The number of Topliss-reactive ketones (excluding diaryl/α,β-unsaturated/α-hetero) is 1. The molecule has 1 heterocycles. The van der Waals surface area contributed by atoms with Crippen molar-refractivity contribution >= 4 is 17.2 Å². The number of carbonyl (C=O) groups is 1. The highest BCUT2D eigenvalue weighted by Gasteiger charge is 2.56. The van der Waals surface area contributed by atoms with E-state index in [0.29, 0.717) is 17.7 Å². The zero-order valence-electron chi connectivity index (χ0n) is 11.6. The molecule has 2 atom stereocenters. The van der Waals surface area contributed by atoms with Crippen LogP contribution in [0.25, 0.3) is 0 Å². The lowest BCUT2D eigenvalue weighted by molar-refractivity contribution is -0.0613. The van der Waals surface area contributed by atoms with E-state index in [1.54, 1.807) is 13.0 Å². The molecule has 0 amide bonds. The van der Waals surface area contributed by atoms with E-state index in [0.717, 1.165) is 0 Å². The highest BCUT2D eigenvalue weighted by Crippen LogP contribution is 2.60. The number of hydrogen-bond acceptors (Lipinski definition) is 3. The number of ether oxygens (including phenoxy) is 1. The fourth-order valence-electron chi connectivity index (χ4n) is 2.95. The van der Waals surface area contributed by atoms with Crippen LogP contribution in [-0.4, -0.2) is 24.8 Å². The number of hydrogen-bond donors (Lipinski definition) is 0. The van der Waals surface area contributed by atoms with Gasteiger partial charge in [0.15, 0.2) is 5.78 Å². The lowest BCUT2D eigenvalue weighted by Gasteiger charge is -2.21. The van der Waals surface area contributed by atoms with Gasteiger partial charge in [-0.3, -0.25) is 4.79 Å². The van der Waals surface area contributed by atoms with Gasteiger partial charge in [0.05, 0.1) is 12.8 Å². The Morgan fingerprint density at radius 3 is 2.67 bits per heavy atom. The maximum atomic E-state index is 13.1. The number of fused-ring (bicyclic) bond motifs is 3. The zero-order chi connectivity index (χ0) is 15.4. The fraction of sp³-hybridized carbons (Fsp3) is 0.467. The number of alkyl halides is 3. The van der Waals surface area contributed by atoms with E-state index in [-0.39, 0.29) is 29.4 Å². The third kappa shape index (κ3) is 2.13. The minimum absolute atomic E-state index is 0.146. The van der Waals surface area contributed by atoms with Crippen molar-refractivity contribution in [2.24, 2.45) is 10.9 Å². The Balaban J connectivity index is 2.23. The van der Waals surface area contributed by atoms with Crippen LogP contribution in [0.2, 0.25) is 0 Å². The molecule has 112 valence electrons. The van der Waals surface area contributed by atoms with Crippen molar-refractivity contribution in [2.45, 2.75) is 31.9 Å². The van der Waals surface area contributed by atoms with Crippen LogP contribution in [0.1, 0.15) is 41.6 Å². The number of benzene rings is 1. The SMILES string of the molecule is CCC(=O)c1ccc(OC)c2c1N=C(C(F)(F)F)C1C[C@@H]21. The van der Waals surface area contributed by atoms with Crippen LogP contribution in [0, 0.1) is 5.92 Å². The number of aliphatic imine (C=N–C) groups is 1. The quantitative estimate of drug-likeness (QED) is 0.790. The molecule has 1 unspecified atom stereocenters. The summed E-state index contributed by atoms with van der Waals surface area (Å²) in [6.45, 7) is 1.68. The summed E-state index contributed by atoms with van der Waals surface area (Å²) in [7, 11) is 1.47. The maximum Gasteiger partial charge on any atom is 0.429 e. The number of nitrogens with zero attached hydrogens (tertiary/aromatic N) is 1. The minimum Gasteiger partial charge on any atom is -0.496 e. The van der Waals surface area contributed by atoms with E-state index in [1.165, 1.54) is 13.2 Å². The minimum atomic E-state index is -4.45. The molecule has 0 aromatic heterocycles. The average molecular weight is 297 g/mol. The monoisotopic (exact) mass is 297 g/mol. The Morgan fingerprint density at radius 2 is 2.10 bits per heavy atom. The van der Waals surface area contributed by atoms with Gasteiger partial charge in [-0.2, -0.15) is 13.2 Å².